The van der Waals surface area contributed by atoms with Crippen molar-refractivity contribution in [2.45, 2.75) is 51.2 Å². The number of amides is 2. The molecule has 2 unspecified atom stereocenters. The molecule has 0 bridgehead atoms. The molecule has 4 heteroatoms. The van der Waals surface area contributed by atoms with Crippen molar-refractivity contribution in [1.82, 2.24) is 10.2 Å². The minimum Gasteiger partial charge on any atom is -0.342 e. The minimum absolute atomic E-state index is 0.0393. The predicted octanol–water partition coefficient (Wildman–Crippen LogP) is 0.524. The average Bonchev–Trinajstić information content (AvgIpc) is 3.07. The summed E-state index contributed by atoms with van der Waals surface area (Å²) in [5, 5.41) is 2.81. The Morgan fingerprint density at radius 2 is 2.00 bits per heavy atom. The maximum atomic E-state index is 12.4. The van der Waals surface area contributed by atoms with Gasteiger partial charge in [0, 0.05) is 0 Å². The van der Waals surface area contributed by atoms with Gasteiger partial charge in [0.2, 0.25) is 11.8 Å². The maximum absolute atomic E-state index is 12.4. The number of piperazine rings is 1. The van der Waals surface area contributed by atoms with Crippen LogP contribution in [-0.2, 0) is 9.59 Å². The monoisotopic (exact) mass is 234 g/mol. The van der Waals surface area contributed by atoms with Gasteiger partial charge < -0.3 is 10.2 Å². The van der Waals surface area contributed by atoms with E-state index in [0.29, 0.717) is 5.92 Å². The normalized spacial score (nSPS) is 29.9. The van der Waals surface area contributed by atoms with E-state index < -0.39 is 11.6 Å². The van der Waals surface area contributed by atoms with Crippen molar-refractivity contribution in [1.29, 1.82) is 0 Å². The minimum atomic E-state index is -0.721. The molecule has 0 radical (unpaired) electrons. The largest absolute Gasteiger partial charge is 0.342 e. The first-order valence-corrected chi connectivity index (χ1v) is 6.00. The SMILES string of the molecule is C#CC(C)(C)N1C(=O)C(C2CC2)NC(=O)C1C. The molecule has 1 saturated heterocycles. The lowest BCUT2D eigenvalue weighted by Crippen LogP contribution is -2.67. The summed E-state index contributed by atoms with van der Waals surface area (Å²) in [6.45, 7) is 5.31. The molecule has 0 spiro atoms. The van der Waals surface area contributed by atoms with E-state index in [4.69, 9.17) is 6.42 Å². The predicted molar refractivity (Wildman–Crippen MR) is 63.9 cm³/mol. The highest BCUT2D eigenvalue weighted by molar-refractivity contribution is 5.97. The third-order valence-corrected chi connectivity index (χ3v) is 3.62. The van der Waals surface area contributed by atoms with E-state index in [1.165, 1.54) is 0 Å². The van der Waals surface area contributed by atoms with Gasteiger partial charge >= 0.3 is 0 Å². The number of terminal acetylenes is 1. The fraction of sp³-hybridized carbons (Fsp3) is 0.692. The highest BCUT2D eigenvalue weighted by Crippen LogP contribution is 2.36. The number of carbonyl (C=O) groups is 2. The Hall–Kier alpha value is -1.50. The van der Waals surface area contributed by atoms with Crippen molar-refractivity contribution in [2.75, 3.05) is 0 Å². The molecule has 1 saturated carbocycles. The summed E-state index contributed by atoms with van der Waals surface area (Å²) in [5.41, 5.74) is -0.721. The van der Waals surface area contributed by atoms with Crippen molar-refractivity contribution in [3.63, 3.8) is 0 Å². The summed E-state index contributed by atoms with van der Waals surface area (Å²) < 4.78 is 0. The van der Waals surface area contributed by atoms with Gasteiger partial charge in [0.1, 0.15) is 12.1 Å². The molecule has 2 atom stereocenters. The quantitative estimate of drug-likeness (QED) is 0.708. The first-order chi connectivity index (χ1) is 7.88. The van der Waals surface area contributed by atoms with Crippen molar-refractivity contribution in [3.05, 3.63) is 0 Å². The second-order valence-electron chi connectivity index (χ2n) is 5.41. The summed E-state index contributed by atoms with van der Waals surface area (Å²) in [6, 6.07) is -0.866. The fourth-order valence-electron chi connectivity index (χ4n) is 2.37. The highest BCUT2D eigenvalue weighted by Gasteiger charge is 2.49. The van der Waals surface area contributed by atoms with E-state index in [0.717, 1.165) is 12.8 Å². The van der Waals surface area contributed by atoms with Crippen molar-refractivity contribution in [2.24, 2.45) is 5.92 Å². The Morgan fingerprint density at radius 1 is 1.41 bits per heavy atom. The van der Waals surface area contributed by atoms with Crippen molar-refractivity contribution in [3.8, 4) is 12.3 Å². The van der Waals surface area contributed by atoms with Crippen LogP contribution in [0.3, 0.4) is 0 Å². The zero-order valence-corrected chi connectivity index (χ0v) is 10.5. The van der Waals surface area contributed by atoms with Crippen LogP contribution in [0.2, 0.25) is 0 Å². The van der Waals surface area contributed by atoms with Gasteiger partial charge in [-0.3, -0.25) is 9.59 Å². The summed E-state index contributed by atoms with van der Waals surface area (Å²) in [4.78, 5) is 25.8. The van der Waals surface area contributed by atoms with Crippen molar-refractivity contribution < 1.29 is 9.59 Å². The molecule has 1 aliphatic heterocycles. The van der Waals surface area contributed by atoms with E-state index in [9.17, 15) is 9.59 Å². The number of hydrogen-bond acceptors (Lipinski definition) is 2. The molecule has 2 rings (SSSR count). The first-order valence-electron chi connectivity index (χ1n) is 6.00. The van der Waals surface area contributed by atoms with Crippen LogP contribution in [0.15, 0.2) is 0 Å². The van der Waals surface area contributed by atoms with Crippen LogP contribution >= 0.6 is 0 Å². The molecule has 0 aromatic heterocycles. The van der Waals surface area contributed by atoms with Gasteiger partial charge in [-0.2, -0.15) is 0 Å². The lowest BCUT2D eigenvalue weighted by molar-refractivity contribution is -0.153. The lowest BCUT2D eigenvalue weighted by Gasteiger charge is -2.44. The zero-order valence-electron chi connectivity index (χ0n) is 10.5. The third kappa shape index (κ3) is 1.90. The van der Waals surface area contributed by atoms with Gasteiger partial charge in [-0.25, -0.2) is 0 Å². The first kappa shape index (κ1) is 12.0. The second-order valence-corrected chi connectivity index (χ2v) is 5.41. The molecule has 2 amide bonds. The number of nitrogens with zero attached hydrogens (tertiary/aromatic N) is 1. The molecule has 1 aliphatic carbocycles. The molecular weight excluding hydrogens is 216 g/mol. The highest BCUT2D eigenvalue weighted by atomic mass is 16.2. The second kappa shape index (κ2) is 3.76. The fourth-order valence-corrected chi connectivity index (χ4v) is 2.37. The van der Waals surface area contributed by atoms with Crippen LogP contribution in [0.5, 0.6) is 0 Å². The van der Waals surface area contributed by atoms with Gasteiger partial charge in [0.05, 0.1) is 5.54 Å². The van der Waals surface area contributed by atoms with Gasteiger partial charge in [-0.05, 0) is 39.5 Å². The molecule has 1 N–H and O–H groups in total. The van der Waals surface area contributed by atoms with E-state index in [-0.39, 0.29) is 17.9 Å². The van der Waals surface area contributed by atoms with Crippen molar-refractivity contribution >= 4 is 11.8 Å². The number of nitrogens with one attached hydrogen (secondary N) is 1. The van der Waals surface area contributed by atoms with Gasteiger partial charge in [0.15, 0.2) is 0 Å². The van der Waals surface area contributed by atoms with E-state index in [1.807, 2.05) is 0 Å². The van der Waals surface area contributed by atoms with Gasteiger partial charge in [-0.1, -0.05) is 5.92 Å². The molecule has 4 nitrogen and oxygen atoms in total. The standard InChI is InChI=1S/C13H18N2O2/c1-5-13(3,4)15-8(2)11(16)14-10(12(15)17)9-6-7-9/h1,8-10H,6-7H2,2-4H3,(H,14,16). The Bertz CT molecular complexity index is 404. The number of hydrogen-bond donors (Lipinski definition) is 1. The molecule has 1 heterocycles. The smallest absolute Gasteiger partial charge is 0.247 e. The molecule has 17 heavy (non-hydrogen) atoms. The lowest BCUT2D eigenvalue weighted by atomic mass is 9.95. The van der Waals surface area contributed by atoms with Gasteiger partial charge in [-0.15, -0.1) is 6.42 Å². The van der Waals surface area contributed by atoms with Crippen LogP contribution in [0.4, 0.5) is 0 Å². The Kier molecular flexibility index (Phi) is 2.65. The van der Waals surface area contributed by atoms with E-state index in [2.05, 4.69) is 11.2 Å². The third-order valence-electron chi connectivity index (χ3n) is 3.62. The molecule has 0 aromatic carbocycles. The molecule has 92 valence electrons. The Labute approximate surface area is 102 Å². The Balaban J connectivity index is 2.31. The Morgan fingerprint density at radius 3 is 2.47 bits per heavy atom. The molecule has 2 fully saturated rings. The van der Waals surface area contributed by atoms with Crippen LogP contribution in [0.1, 0.15) is 33.6 Å². The number of rotatable bonds is 2. The molecule has 0 aromatic rings. The summed E-state index contributed by atoms with van der Waals surface area (Å²) in [7, 11) is 0. The van der Waals surface area contributed by atoms with Crippen LogP contribution in [0.25, 0.3) is 0 Å². The molecule has 2 aliphatic rings. The van der Waals surface area contributed by atoms with E-state index in [1.54, 1.807) is 25.7 Å². The number of carbonyl (C=O) groups excluding carboxylic acids is 2. The van der Waals surface area contributed by atoms with E-state index >= 15 is 0 Å². The zero-order chi connectivity index (χ0) is 12.8. The topological polar surface area (TPSA) is 49.4 Å². The van der Waals surface area contributed by atoms with Crippen LogP contribution < -0.4 is 5.32 Å². The van der Waals surface area contributed by atoms with Gasteiger partial charge in [0.25, 0.3) is 0 Å². The van der Waals surface area contributed by atoms with Crippen LogP contribution in [0, 0.1) is 18.3 Å². The summed E-state index contributed by atoms with van der Waals surface area (Å²) in [5.74, 6) is 2.75. The maximum Gasteiger partial charge on any atom is 0.247 e. The summed E-state index contributed by atoms with van der Waals surface area (Å²) >= 11 is 0. The average molecular weight is 234 g/mol. The summed E-state index contributed by atoms with van der Waals surface area (Å²) in [6.07, 6.45) is 7.49. The molecular formula is C13H18N2O2. The van der Waals surface area contributed by atoms with Crippen LogP contribution in [-0.4, -0.2) is 34.3 Å².